The van der Waals surface area contributed by atoms with E-state index >= 15 is 0 Å². The summed E-state index contributed by atoms with van der Waals surface area (Å²) in [6.45, 7) is 4.07. The van der Waals surface area contributed by atoms with E-state index in [-0.39, 0.29) is 5.91 Å². The van der Waals surface area contributed by atoms with Gasteiger partial charge in [-0.25, -0.2) is 0 Å². The standard InChI is InChI=1S/C18H20ClNO/c1-13-3-4-14(2)16(11-13)12-18(21)20-17-7-5-15(6-8-17)9-10-19/h3-8,11H,9-10,12H2,1-2H3,(H,20,21). The number of hydrogen-bond donors (Lipinski definition) is 1. The summed E-state index contributed by atoms with van der Waals surface area (Å²) in [6, 6.07) is 14.0. The Morgan fingerprint density at radius 3 is 2.48 bits per heavy atom. The molecule has 1 amide bonds. The van der Waals surface area contributed by atoms with Crippen molar-refractivity contribution in [2.75, 3.05) is 11.2 Å². The molecule has 0 unspecified atom stereocenters. The van der Waals surface area contributed by atoms with Crippen molar-refractivity contribution >= 4 is 23.2 Å². The molecule has 2 nitrogen and oxygen atoms in total. The molecule has 0 heterocycles. The largest absolute Gasteiger partial charge is 0.326 e. The number of anilines is 1. The van der Waals surface area contributed by atoms with Gasteiger partial charge in [-0.05, 0) is 49.1 Å². The molecule has 0 bridgehead atoms. The monoisotopic (exact) mass is 301 g/mol. The molecular formula is C18H20ClNO. The normalized spacial score (nSPS) is 10.4. The molecule has 21 heavy (non-hydrogen) atoms. The van der Waals surface area contributed by atoms with Crippen molar-refractivity contribution in [3.05, 3.63) is 64.7 Å². The van der Waals surface area contributed by atoms with Crippen LogP contribution < -0.4 is 5.32 Å². The number of amides is 1. The van der Waals surface area contributed by atoms with Gasteiger partial charge in [0.05, 0.1) is 6.42 Å². The maximum Gasteiger partial charge on any atom is 0.228 e. The van der Waals surface area contributed by atoms with Crippen LogP contribution in [0.3, 0.4) is 0 Å². The maximum absolute atomic E-state index is 12.1. The molecule has 3 heteroatoms. The van der Waals surface area contributed by atoms with Crippen LogP contribution in [0, 0.1) is 13.8 Å². The molecular weight excluding hydrogens is 282 g/mol. The van der Waals surface area contributed by atoms with E-state index in [0.717, 1.165) is 23.2 Å². The highest BCUT2D eigenvalue weighted by Gasteiger charge is 2.07. The Balaban J connectivity index is 1.99. The Bertz CT molecular complexity index is 620. The highest BCUT2D eigenvalue weighted by Crippen LogP contribution is 2.14. The second-order valence-electron chi connectivity index (χ2n) is 5.29. The van der Waals surface area contributed by atoms with Crippen molar-refractivity contribution < 1.29 is 4.79 Å². The fourth-order valence-electron chi connectivity index (χ4n) is 2.23. The van der Waals surface area contributed by atoms with Crippen LogP contribution in [0.25, 0.3) is 0 Å². The number of rotatable bonds is 5. The van der Waals surface area contributed by atoms with Gasteiger partial charge in [-0.3, -0.25) is 4.79 Å². The van der Waals surface area contributed by atoms with Crippen LogP contribution in [0.15, 0.2) is 42.5 Å². The van der Waals surface area contributed by atoms with Crippen molar-refractivity contribution in [1.82, 2.24) is 0 Å². The molecule has 0 aliphatic carbocycles. The molecule has 0 atom stereocenters. The Morgan fingerprint density at radius 1 is 1.10 bits per heavy atom. The third-order valence-electron chi connectivity index (χ3n) is 3.48. The van der Waals surface area contributed by atoms with E-state index in [2.05, 4.69) is 23.5 Å². The van der Waals surface area contributed by atoms with Gasteiger partial charge in [0.25, 0.3) is 0 Å². The highest BCUT2D eigenvalue weighted by molar-refractivity contribution is 6.18. The summed E-state index contributed by atoms with van der Waals surface area (Å²) in [5, 5.41) is 2.93. The SMILES string of the molecule is Cc1ccc(C)c(CC(=O)Nc2ccc(CCCl)cc2)c1. The third-order valence-corrected chi connectivity index (χ3v) is 3.67. The summed E-state index contributed by atoms with van der Waals surface area (Å²) < 4.78 is 0. The van der Waals surface area contributed by atoms with Crippen LogP contribution in [0.1, 0.15) is 22.3 Å². The van der Waals surface area contributed by atoms with E-state index < -0.39 is 0 Å². The van der Waals surface area contributed by atoms with Crippen molar-refractivity contribution in [2.45, 2.75) is 26.7 Å². The topological polar surface area (TPSA) is 29.1 Å². The lowest BCUT2D eigenvalue weighted by atomic mass is 10.0. The first kappa shape index (κ1) is 15.6. The van der Waals surface area contributed by atoms with Gasteiger partial charge in [-0.15, -0.1) is 11.6 Å². The zero-order valence-corrected chi connectivity index (χ0v) is 13.2. The molecule has 0 fully saturated rings. The van der Waals surface area contributed by atoms with Gasteiger partial charge in [-0.1, -0.05) is 35.9 Å². The van der Waals surface area contributed by atoms with E-state index in [9.17, 15) is 4.79 Å². The molecule has 110 valence electrons. The minimum Gasteiger partial charge on any atom is -0.326 e. The zero-order chi connectivity index (χ0) is 15.2. The van der Waals surface area contributed by atoms with Crippen LogP contribution in [0.4, 0.5) is 5.69 Å². The van der Waals surface area contributed by atoms with Crippen LogP contribution in [-0.4, -0.2) is 11.8 Å². The maximum atomic E-state index is 12.1. The van der Waals surface area contributed by atoms with Gasteiger partial charge in [0, 0.05) is 11.6 Å². The van der Waals surface area contributed by atoms with E-state index in [4.69, 9.17) is 11.6 Å². The van der Waals surface area contributed by atoms with Crippen molar-refractivity contribution in [3.63, 3.8) is 0 Å². The van der Waals surface area contributed by atoms with Gasteiger partial charge >= 0.3 is 0 Å². The van der Waals surface area contributed by atoms with Gasteiger partial charge in [-0.2, -0.15) is 0 Å². The van der Waals surface area contributed by atoms with E-state index in [1.54, 1.807) is 0 Å². The average molecular weight is 302 g/mol. The Morgan fingerprint density at radius 2 is 1.81 bits per heavy atom. The fraction of sp³-hybridized carbons (Fsp3) is 0.278. The molecule has 0 saturated carbocycles. The predicted molar refractivity (Wildman–Crippen MR) is 89.1 cm³/mol. The van der Waals surface area contributed by atoms with Crippen LogP contribution in [-0.2, 0) is 17.6 Å². The smallest absolute Gasteiger partial charge is 0.228 e. The fourth-order valence-corrected chi connectivity index (χ4v) is 2.45. The molecule has 0 aromatic heterocycles. The van der Waals surface area contributed by atoms with Crippen molar-refractivity contribution in [3.8, 4) is 0 Å². The highest BCUT2D eigenvalue weighted by atomic mass is 35.5. The Hall–Kier alpha value is -1.80. The number of halogens is 1. The molecule has 0 radical (unpaired) electrons. The number of carbonyl (C=O) groups excluding carboxylic acids is 1. The van der Waals surface area contributed by atoms with Gasteiger partial charge in [0.15, 0.2) is 0 Å². The quantitative estimate of drug-likeness (QED) is 0.821. The molecule has 2 aromatic carbocycles. The number of benzene rings is 2. The van der Waals surface area contributed by atoms with Gasteiger partial charge in [0.1, 0.15) is 0 Å². The molecule has 0 aliphatic heterocycles. The number of aryl methyl sites for hydroxylation is 3. The third kappa shape index (κ3) is 4.61. The summed E-state index contributed by atoms with van der Waals surface area (Å²) >= 11 is 5.71. The summed E-state index contributed by atoms with van der Waals surface area (Å²) in [6.07, 6.45) is 1.25. The molecule has 2 aromatic rings. The summed E-state index contributed by atoms with van der Waals surface area (Å²) in [5.74, 6) is 0.618. The van der Waals surface area contributed by atoms with Crippen LogP contribution in [0.5, 0.6) is 0 Å². The first-order valence-corrected chi connectivity index (χ1v) is 7.63. The lowest BCUT2D eigenvalue weighted by molar-refractivity contribution is -0.115. The van der Waals surface area contributed by atoms with Crippen molar-refractivity contribution in [1.29, 1.82) is 0 Å². The first-order chi connectivity index (χ1) is 10.1. The second kappa shape index (κ2) is 7.28. The van der Waals surface area contributed by atoms with E-state index in [0.29, 0.717) is 12.3 Å². The Labute approximate surface area is 131 Å². The zero-order valence-electron chi connectivity index (χ0n) is 12.4. The number of hydrogen-bond acceptors (Lipinski definition) is 1. The number of carbonyl (C=O) groups is 1. The summed E-state index contributed by atoms with van der Waals surface area (Å²) in [7, 11) is 0. The van der Waals surface area contributed by atoms with E-state index in [1.807, 2.05) is 38.1 Å². The number of nitrogens with one attached hydrogen (secondary N) is 1. The second-order valence-corrected chi connectivity index (χ2v) is 5.67. The van der Waals surface area contributed by atoms with Crippen LogP contribution in [0.2, 0.25) is 0 Å². The first-order valence-electron chi connectivity index (χ1n) is 7.09. The summed E-state index contributed by atoms with van der Waals surface area (Å²) in [5.41, 5.74) is 5.40. The predicted octanol–water partition coefficient (Wildman–Crippen LogP) is 4.27. The molecule has 2 rings (SSSR count). The minimum atomic E-state index is 0.00814. The Kier molecular flexibility index (Phi) is 5.40. The minimum absolute atomic E-state index is 0.00814. The molecule has 0 aliphatic rings. The van der Waals surface area contributed by atoms with Gasteiger partial charge < -0.3 is 5.32 Å². The van der Waals surface area contributed by atoms with Gasteiger partial charge in [0.2, 0.25) is 5.91 Å². The van der Waals surface area contributed by atoms with Crippen LogP contribution >= 0.6 is 11.6 Å². The molecule has 0 saturated heterocycles. The number of alkyl halides is 1. The molecule has 1 N–H and O–H groups in total. The van der Waals surface area contributed by atoms with Crippen molar-refractivity contribution in [2.24, 2.45) is 0 Å². The lowest BCUT2D eigenvalue weighted by Gasteiger charge is -2.09. The lowest BCUT2D eigenvalue weighted by Crippen LogP contribution is -2.15. The molecule has 0 spiro atoms. The van der Waals surface area contributed by atoms with E-state index in [1.165, 1.54) is 11.1 Å². The average Bonchev–Trinajstić information content (AvgIpc) is 2.45. The summed E-state index contributed by atoms with van der Waals surface area (Å²) in [4.78, 5) is 12.1.